The number of rotatable bonds is 3. The summed E-state index contributed by atoms with van der Waals surface area (Å²) in [7, 11) is 0. The van der Waals surface area contributed by atoms with Gasteiger partial charge in [0.15, 0.2) is 0 Å². The Morgan fingerprint density at radius 1 is 1.67 bits per heavy atom. The first kappa shape index (κ1) is 9.44. The number of aromatic nitrogens is 1. The minimum absolute atomic E-state index is 0.300. The maximum atomic E-state index is 8.75. The van der Waals surface area contributed by atoms with Gasteiger partial charge in [0, 0.05) is 10.7 Å². The zero-order chi connectivity index (χ0) is 8.97. The summed E-state index contributed by atoms with van der Waals surface area (Å²) in [5, 5.41) is 11.6. The second-order valence-corrected chi connectivity index (χ2v) is 3.23. The molecule has 0 aromatic carbocycles. The summed E-state index contributed by atoms with van der Waals surface area (Å²) in [6.07, 6.45) is 0.820. The van der Waals surface area contributed by atoms with Gasteiger partial charge in [0.25, 0.3) is 0 Å². The van der Waals surface area contributed by atoms with Crippen molar-refractivity contribution in [3.8, 4) is 0 Å². The molecule has 4 nitrogen and oxygen atoms in total. The standard InChI is InChI=1S/C7H10BrN3O/c8-5-1-2-7(10-3-5)11-4-6(9)12/h1-3,6,12H,4,9H2,(H,10,11). The van der Waals surface area contributed by atoms with Crippen molar-refractivity contribution in [3.63, 3.8) is 0 Å². The van der Waals surface area contributed by atoms with E-state index in [0.29, 0.717) is 12.4 Å². The van der Waals surface area contributed by atoms with Crippen LogP contribution in [-0.2, 0) is 0 Å². The van der Waals surface area contributed by atoms with E-state index >= 15 is 0 Å². The molecule has 1 unspecified atom stereocenters. The Hall–Kier alpha value is -0.650. The van der Waals surface area contributed by atoms with Crippen LogP contribution in [0.15, 0.2) is 22.8 Å². The minimum atomic E-state index is -0.851. The molecule has 0 amide bonds. The van der Waals surface area contributed by atoms with E-state index in [1.54, 1.807) is 12.3 Å². The van der Waals surface area contributed by atoms with Crippen molar-refractivity contribution in [3.05, 3.63) is 22.8 Å². The highest BCUT2D eigenvalue weighted by Gasteiger charge is 1.96. The third kappa shape index (κ3) is 3.17. The Labute approximate surface area is 78.9 Å². The molecule has 4 N–H and O–H groups in total. The highest BCUT2D eigenvalue weighted by atomic mass is 79.9. The summed E-state index contributed by atoms with van der Waals surface area (Å²) in [6.45, 7) is 0.300. The SMILES string of the molecule is NC(O)CNc1ccc(Br)cn1. The lowest BCUT2D eigenvalue weighted by atomic mass is 10.4. The van der Waals surface area contributed by atoms with Gasteiger partial charge >= 0.3 is 0 Å². The monoisotopic (exact) mass is 231 g/mol. The van der Waals surface area contributed by atoms with Crippen LogP contribution >= 0.6 is 15.9 Å². The number of aliphatic hydroxyl groups is 1. The number of anilines is 1. The van der Waals surface area contributed by atoms with E-state index in [4.69, 9.17) is 10.8 Å². The molecule has 0 saturated carbocycles. The van der Waals surface area contributed by atoms with E-state index in [9.17, 15) is 0 Å². The lowest BCUT2D eigenvalue weighted by molar-refractivity contribution is 0.195. The fourth-order valence-corrected chi connectivity index (χ4v) is 0.924. The van der Waals surface area contributed by atoms with Crippen molar-refractivity contribution >= 4 is 21.7 Å². The molecule has 12 heavy (non-hydrogen) atoms. The molecular weight excluding hydrogens is 222 g/mol. The van der Waals surface area contributed by atoms with E-state index in [0.717, 1.165) is 4.47 Å². The van der Waals surface area contributed by atoms with Gasteiger partial charge in [0.2, 0.25) is 0 Å². The van der Waals surface area contributed by atoms with Gasteiger partial charge in [-0.3, -0.25) is 0 Å². The van der Waals surface area contributed by atoms with Gasteiger partial charge in [0.05, 0.1) is 6.54 Å². The molecule has 1 atom stereocenters. The molecule has 66 valence electrons. The average molecular weight is 232 g/mol. The summed E-state index contributed by atoms with van der Waals surface area (Å²) in [5.41, 5.74) is 5.13. The van der Waals surface area contributed by atoms with Crippen molar-refractivity contribution in [1.29, 1.82) is 0 Å². The number of nitrogens with zero attached hydrogens (tertiary/aromatic N) is 1. The topological polar surface area (TPSA) is 71.2 Å². The predicted octanol–water partition coefficient (Wildman–Crippen LogP) is 0.533. The number of halogens is 1. The van der Waals surface area contributed by atoms with Crippen molar-refractivity contribution < 1.29 is 5.11 Å². The maximum absolute atomic E-state index is 8.75. The van der Waals surface area contributed by atoms with E-state index in [1.807, 2.05) is 6.07 Å². The zero-order valence-corrected chi connectivity index (χ0v) is 7.95. The highest BCUT2D eigenvalue weighted by Crippen LogP contribution is 2.09. The van der Waals surface area contributed by atoms with Crippen molar-refractivity contribution in [2.24, 2.45) is 5.73 Å². The fourth-order valence-electron chi connectivity index (χ4n) is 0.690. The average Bonchev–Trinajstić information content (AvgIpc) is 2.03. The van der Waals surface area contributed by atoms with Crippen LogP contribution in [-0.4, -0.2) is 22.9 Å². The molecule has 0 aliphatic rings. The van der Waals surface area contributed by atoms with Crippen LogP contribution in [0.2, 0.25) is 0 Å². The van der Waals surface area contributed by atoms with Gasteiger partial charge < -0.3 is 16.2 Å². The number of nitrogens with two attached hydrogens (primary N) is 1. The normalized spacial score (nSPS) is 12.6. The van der Waals surface area contributed by atoms with Crippen molar-refractivity contribution in [2.45, 2.75) is 6.23 Å². The van der Waals surface area contributed by atoms with Crippen LogP contribution in [0.4, 0.5) is 5.82 Å². The molecule has 0 saturated heterocycles. The highest BCUT2D eigenvalue weighted by molar-refractivity contribution is 9.10. The van der Waals surface area contributed by atoms with Gasteiger partial charge in [0.1, 0.15) is 12.0 Å². The zero-order valence-electron chi connectivity index (χ0n) is 6.37. The summed E-state index contributed by atoms with van der Waals surface area (Å²) < 4.78 is 0.918. The van der Waals surface area contributed by atoms with Crippen LogP contribution in [0.1, 0.15) is 0 Å². The van der Waals surface area contributed by atoms with Gasteiger partial charge in [-0.15, -0.1) is 0 Å². The predicted molar refractivity (Wildman–Crippen MR) is 50.6 cm³/mol. The molecule has 1 heterocycles. The molecule has 0 bridgehead atoms. The molecule has 0 aliphatic carbocycles. The number of hydrogen-bond acceptors (Lipinski definition) is 4. The van der Waals surface area contributed by atoms with Gasteiger partial charge in [-0.2, -0.15) is 0 Å². The molecule has 1 aromatic rings. The van der Waals surface area contributed by atoms with Crippen molar-refractivity contribution in [2.75, 3.05) is 11.9 Å². The van der Waals surface area contributed by atoms with E-state index < -0.39 is 6.23 Å². The second kappa shape index (κ2) is 4.39. The lowest BCUT2D eigenvalue weighted by Crippen LogP contribution is -2.28. The second-order valence-electron chi connectivity index (χ2n) is 2.31. The van der Waals surface area contributed by atoms with Crippen LogP contribution in [0, 0.1) is 0 Å². The lowest BCUT2D eigenvalue weighted by Gasteiger charge is -2.06. The van der Waals surface area contributed by atoms with Crippen LogP contribution < -0.4 is 11.1 Å². The summed E-state index contributed by atoms with van der Waals surface area (Å²) >= 11 is 3.26. The molecule has 0 radical (unpaired) electrons. The van der Waals surface area contributed by atoms with Crippen LogP contribution in [0.25, 0.3) is 0 Å². The summed E-state index contributed by atoms with van der Waals surface area (Å²) in [6, 6.07) is 3.66. The van der Waals surface area contributed by atoms with Gasteiger partial charge in [-0.25, -0.2) is 4.98 Å². The number of pyridine rings is 1. The largest absolute Gasteiger partial charge is 0.377 e. The quantitative estimate of drug-likeness (QED) is 0.665. The maximum Gasteiger partial charge on any atom is 0.126 e. The molecule has 0 aliphatic heterocycles. The first-order valence-electron chi connectivity index (χ1n) is 3.47. The number of aliphatic hydroxyl groups excluding tert-OH is 1. The third-order valence-electron chi connectivity index (χ3n) is 1.22. The Morgan fingerprint density at radius 2 is 2.42 bits per heavy atom. The Balaban J connectivity index is 2.48. The van der Waals surface area contributed by atoms with Crippen molar-refractivity contribution in [1.82, 2.24) is 4.98 Å². The van der Waals surface area contributed by atoms with Gasteiger partial charge in [-0.1, -0.05) is 0 Å². The van der Waals surface area contributed by atoms with Crippen LogP contribution in [0.3, 0.4) is 0 Å². The smallest absolute Gasteiger partial charge is 0.126 e. The molecule has 0 fully saturated rings. The first-order chi connectivity index (χ1) is 5.68. The molecular formula is C7H10BrN3O. The van der Waals surface area contributed by atoms with E-state index in [2.05, 4.69) is 26.2 Å². The molecule has 1 aromatic heterocycles. The van der Waals surface area contributed by atoms with Gasteiger partial charge in [-0.05, 0) is 28.1 Å². The number of hydrogen-bond donors (Lipinski definition) is 3. The molecule has 5 heteroatoms. The van der Waals surface area contributed by atoms with E-state index in [-0.39, 0.29) is 0 Å². The Bertz CT molecular complexity index is 237. The minimum Gasteiger partial charge on any atom is -0.377 e. The fraction of sp³-hybridized carbons (Fsp3) is 0.286. The number of nitrogens with one attached hydrogen (secondary N) is 1. The first-order valence-corrected chi connectivity index (χ1v) is 4.27. The van der Waals surface area contributed by atoms with Crippen LogP contribution in [0.5, 0.6) is 0 Å². The Morgan fingerprint density at radius 3 is 2.92 bits per heavy atom. The Kier molecular flexibility index (Phi) is 3.46. The third-order valence-corrected chi connectivity index (χ3v) is 1.69. The molecule has 0 spiro atoms. The summed E-state index contributed by atoms with van der Waals surface area (Å²) in [4.78, 5) is 4.03. The summed E-state index contributed by atoms with van der Waals surface area (Å²) in [5.74, 6) is 0.697. The van der Waals surface area contributed by atoms with E-state index in [1.165, 1.54) is 0 Å². The molecule has 1 rings (SSSR count).